The van der Waals surface area contributed by atoms with E-state index in [4.69, 9.17) is 9.26 Å². The number of nitrogens with zero attached hydrogens (tertiary/aromatic N) is 3. The van der Waals surface area contributed by atoms with E-state index in [2.05, 4.69) is 15.0 Å². The molecule has 1 unspecified atom stereocenters. The summed E-state index contributed by atoms with van der Waals surface area (Å²) in [4.78, 5) is 6.74. The number of phenolic OH excluding ortho intramolecular Hbond substituents is 1. The Morgan fingerprint density at radius 3 is 2.97 bits per heavy atom. The molecule has 0 saturated carbocycles. The molecule has 1 aliphatic rings. The van der Waals surface area contributed by atoms with Crippen molar-refractivity contribution in [3.05, 3.63) is 71.1 Å². The lowest BCUT2D eigenvalue weighted by atomic mass is 10.0. The molecule has 0 radical (unpaired) electrons. The van der Waals surface area contributed by atoms with Crippen LogP contribution in [-0.2, 0) is 13.0 Å². The van der Waals surface area contributed by atoms with E-state index in [1.54, 1.807) is 12.1 Å². The van der Waals surface area contributed by atoms with Crippen LogP contribution in [0.25, 0.3) is 0 Å². The number of hydrogen-bond donors (Lipinski definition) is 1. The van der Waals surface area contributed by atoms with Crippen molar-refractivity contribution in [2.45, 2.75) is 45.2 Å². The summed E-state index contributed by atoms with van der Waals surface area (Å²) in [6, 6.07) is 12.5. The van der Waals surface area contributed by atoms with Gasteiger partial charge in [0.25, 0.3) is 0 Å². The summed E-state index contributed by atoms with van der Waals surface area (Å²) >= 11 is 0. The van der Waals surface area contributed by atoms with Crippen molar-refractivity contribution in [2.24, 2.45) is 0 Å². The number of benzene rings is 2. The average Bonchev–Trinajstić information content (AvgIpc) is 3.21. The lowest BCUT2D eigenvalue weighted by molar-refractivity contribution is 0.110. The molecule has 1 N–H and O–H groups in total. The van der Waals surface area contributed by atoms with Gasteiger partial charge in [-0.15, -0.1) is 0 Å². The maximum atomic E-state index is 13.7. The Kier molecular flexibility index (Phi) is 6.28. The van der Waals surface area contributed by atoms with Crippen LogP contribution < -0.4 is 4.74 Å². The first-order valence-corrected chi connectivity index (χ1v) is 10.3. The maximum Gasteiger partial charge on any atom is 0.244 e. The number of para-hydroxylation sites is 1. The predicted octanol–water partition coefficient (Wildman–Crippen LogP) is 4.57. The molecule has 158 valence electrons. The monoisotopic (exact) mass is 411 g/mol. The molecule has 2 aromatic carbocycles. The largest absolute Gasteiger partial charge is 0.505 e. The van der Waals surface area contributed by atoms with Crippen molar-refractivity contribution < 1.29 is 18.8 Å². The Balaban J connectivity index is 1.39. The number of aromatic nitrogens is 2. The Hall–Kier alpha value is -2.93. The van der Waals surface area contributed by atoms with Crippen LogP contribution in [-0.4, -0.2) is 33.3 Å². The summed E-state index contributed by atoms with van der Waals surface area (Å²) < 4.78 is 25.0. The van der Waals surface area contributed by atoms with Crippen LogP contribution in [0, 0.1) is 12.7 Å². The van der Waals surface area contributed by atoms with Crippen LogP contribution in [0.1, 0.15) is 48.1 Å². The molecule has 3 aromatic rings. The molecule has 2 heterocycles. The molecule has 1 saturated heterocycles. The molecule has 30 heavy (non-hydrogen) atoms. The van der Waals surface area contributed by atoms with Crippen molar-refractivity contribution in [1.29, 1.82) is 0 Å². The molecular weight excluding hydrogens is 385 g/mol. The number of aromatic hydroxyl groups is 1. The minimum atomic E-state index is -0.602. The number of hydrogen-bond acceptors (Lipinski definition) is 6. The van der Waals surface area contributed by atoms with Crippen molar-refractivity contribution in [1.82, 2.24) is 15.0 Å². The molecule has 0 bridgehead atoms. The predicted molar refractivity (Wildman–Crippen MR) is 110 cm³/mol. The third-order valence-electron chi connectivity index (χ3n) is 5.41. The van der Waals surface area contributed by atoms with E-state index in [1.807, 2.05) is 31.2 Å². The van der Waals surface area contributed by atoms with Gasteiger partial charge in [0.05, 0.1) is 12.6 Å². The summed E-state index contributed by atoms with van der Waals surface area (Å²) in [6.07, 6.45) is 3.54. The Labute approximate surface area is 175 Å². The fourth-order valence-corrected chi connectivity index (χ4v) is 3.84. The van der Waals surface area contributed by atoms with Gasteiger partial charge in [-0.3, -0.25) is 4.90 Å². The molecule has 7 heteroatoms. The van der Waals surface area contributed by atoms with Gasteiger partial charge in [0.15, 0.2) is 17.4 Å². The number of ether oxygens (including phenoxy) is 1. The van der Waals surface area contributed by atoms with Crippen molar-refractivity contribution >= 4 is 0 Å². The zero-order valence-electron chi connectivity index (χ0n) is 17.1. The summed E-state index contributed by atoms with van der Waals surface area (Å²) in [5, 5.41) is 14.1. The van der Waals surface area contributed by atoms with Crippen molar-refractivity contribution in [3.8, 4) is 11.5 Å². The summed E-state index contributed by atoms with van der Waals surface area (Å²) in [6.45, 7) is 3.75. The third-order valence-corrected chi connectivity index (χ3v) is 5.41. The van der Waals surface area contributed by atoms with E-state index in [-0.39, 0.29) is 11.8 Å². The smallest absolute Gasteiger partial charge is 0.244 e. The quantitative estimate of drug-likeness (QED) is 0.614. The van der Waals surface area contributed by atoms with Gasteiger partial charge in [-0.1, -0.05) is 35.8 Å². The second-order valence-electron chi connectivity index (χ2n) is 7.69. The van der Waals surface area contributed by atoms with Gasteiger partial charge in [-0.05, 0) is 50.1 Å². The van der Waals surface area contributed by atoms with Gasteiger partial charge in [0, 0.05) is 18.5 Å². The second-order valence-corrected chi connectivity index (χ2v) is 7.69. The zero-order chi connectivity index (χ0) is 20.9. The highest BCUT2D eigenvalue weighted by atomic mass is 19.1. The number of phenols is 1. The van der Waals surface area contributed by atoms with Crippen LogP contribution in [0.2, 0.25) is 0 Å². The van der Waals surface area contributed by atoms with Gasteiger partial charge >= 0.3 is 0 Å². The molecule has 1 aromatic heterocycles. The minimum Gasteiger partial charge on any atom is -0.505 e. The normalized spacial score (nSPS) is 17.2. The van der Waals surface area contributed by atoms with E-state index in [0.29, 0.717) is 36.9 Å². The van der Waals surface area contributed by atoms with E-state index in [1.165, 1.54) is 6.07 Å². The fraction of sp³-hybridized carbons (Fsp3) is 0.391. The zero-order valence-corrected chi connectivity index (χ0v) is 17.1. The van der Waals surface area contributed by atoms with Crippen molar-refractivity contribution in [3.63, 3.8) is 0 Å². The lowest BCUT2D eigenvalue weighted by Crippen LogP contribution is -2.33. The van der Waals surface area contributed by atoms with Gasteiger partial charge < -0.3 is 14.4 Å². The van der Waals surface area contributed by atoms with Crippen LogP contribution in [0.5, 0.6) is 11.5 Å². The Morgan fingerprint density at radius 1 is 1.23 bits per heavy atom. The highest BCUT2D eigenvalue weighted by molar-refractivity contribution is 5.33. The Bertz CT molecular complexity index is 991. The standard InChI is InChI=1S/C23H26FN3O3/c1-16-6-4-8-18(14-16)29-13-11-21-25-23(30-26-21)20-10-2-3-12-27(20)15-17-7-5-9-19(24)22(17)28/h4-9,14,20,28H,2-3,10-13,15H2,1H3. The van der Waals surface area contributed by atoms with Crippen LogP contribution in [0.15, 0.2) is 47.0 Å². The number of aryl methyl sites for hydroxylation is 1. The maximum absolute atomic E-state index is 13.7. The fourth-order valence-electron chi connectivity index (χ4n) is 3.84. The summed E-state index contributed by atoms with van der Waals surface area (Å²) in [5.74, 6) is 1.11. The first-order chi connectivity index (χ1) is 14.6. The van der Waals surface area contributed by atoms with Crippen LogP contribution in [0.4, 0.5) is 4.39 Å². The number of piperidine rings is 1. The molecule has 1 fully saturated rings. The van der Waals surface area contributed by atoms with Gasteiger partial charge in [0.1, 0.15) is 5.75 Å². The van der Waals surface area contributed by atoms with E-state index < -0.39 is 5.82 Å². The SMILES string of the molecule is Cc1cccc(OCCc2noc(C3CCCCN3Cc3cccc(F)c3O)n2)c1. The topological polar surface area (TPSA) is 71.6 Å². The molecule has 6 nitrogen and oxygen atoms in total. The molecule has 4 rings (SSSR count). The van der Waals surface area contributed by atoms with Gasteiger partial charge in [-0.2, -0.15) is 4.98 Å². The molecule has 0 amide bonds. The highest BCUT2D eigenvalue weighted by Gasteiger charge is 2.29. The molecule has 1 atom stereocenters. The van der Waals surface area contributed by atoms with E-state index in [9.17, 15) is 9.50 Å². The molecular formula is C23H26FN3O3. The third kappa shape index (κ3) is 4.79. The molecule has 1 aliphatic heterocycles. The number of likely N-dealkylation sites (tertiary alicyclic amines) is 1. The molecule has 0 aliphatic carbocycles. The van der Waals surface area contributed by atoms with Crippen LogP contribution in [0.3, 0.4) is 0 Å². The molecule has 0 spiro atoms. The Morgan fingerprint density at radius 2 is 2.10 bits per heavy atom. The summed E-state index contributed by atoms with van der Waals surface area (Å²) in [5.41, 5.74) is 1.71. The van der Waals surface area contributed by atoms with Gasteiger partial charge in [-0.25, -0.2) is 4.39 Å². The first-order valence-electron chi connectivity index (χ1n) is 10.3. The highest BCUT2D eigenvalue weighted by Crippen LogP contribution is 2.33. The van der Waals surface area contributed by atoms with Crippen LogP contribution >= 0.6 is 0 Å². The van der Waals surface area contributed by atoms with E-state index in [0.717, 1.165) is 37.1 Å². The number of rotatable bonds is 7. The second kappa shape index (κ2) is 9.26. The first kappa shape index (κ1) is 20.3. The average molecular weight is 411 g/mol. The number of halogens is 1. The summed E-state index contributed by atoms with van der Waals surface area (Å²) in [7, 11) is 0. The van der Waals surface area contributed by atoms with Gasteiger partial charge in [0.2, 0.25) is 5.89 Å². The minimum absolute atomic E-state index is 0.0413. The van der Waals surface area contributed by atoms with E-state index >= 15 is 0 Å². The van der Waals surface area contributed by atoms with Crippen molar-refractivity contribution in [2.75, 3.05) is 13.2 Å². The lowest BCUT2D eigenvalue weighted by Gasteiger charge is -2.33.